The number of rotatable bonds is 3. The van der Waals surface area contributed by atoms with Crippen LogP contribution >= 0.6 is 0 Å². The summed E-state index contributed by atoms with van der Waals surface area (Å²) in [6, 6.07) is 16.3. The van der Waals surface area contributed by atoms with Gasteiger partial charge in [0.15, 0.2) is 5.75 Å². The molecule has 7 heteroatoms. The number of nitriles is 1. The topological polar surface area (TPSA) is 103 Å². The van der Waals surface area contributed by atoms with Crippen LogP contribution in [0, 0.1) is 11.3 Å². The number of hydrogen-bond donors (Lipinski definition) is 1. The van der Waals surface area contributed by atoms with E-state index in [1.54, 1.807) is 12.1 Å². The van der Waals surface area contributed by atoms with Crippen LogP contribution in [0.1, 0.15) is 5.56 Å². The minimum absolute atomic E-state index is 0.192. The Labute approximate surface area is 120 Å². The predicted octanol–water partition coefficient (Wildman–Crippen LogP) is 1.91. The molecular formula is C14H10N6O. The zero-order valence-corrected chi connectivity index (χ0v) is 10.8. The summed E-state index contributed by atoms with van der Waals surface area (Å²) in [5.41, 5.74) is 7.42. The fourth-order valence-corrected chi connectivity index (χ4v) is 1.78. The summed E-state index contributed by atoms with van der Waals surface area (Å²) in [5.74, 6) is 0.390. The van der Waals surface area contributed by atoms with Crippen molar-refractivity contribution in [3.63, 3.8) is 0 Å². The number of hydrogen-bond acceptors (Lipinski definition) is 6. The van der Waals surface area contributed by atoms with E-state index in [4.69, 9.17) is 15.7 Å². The molecule has 1 aromatic heterocycles. The van der Waals surface area contributed by atoms with Crippen LogP contribution in [0.15, 0.2) is 48.5 Å². The van der Waals surface area contributed by atoms with Crippen molar-refractivity contribution in [2.75, 3.05) is 5.73 Å². The summed E-state index contributed by atoms with van der Waals surface area (Å²) >= 11 is 0. The van der Waals surface area contributed by atoms with Crippen LogP contribution in [-0.2, 0) is 0 Å². The Balaban J connectivity index is 1.94. The van der Waals surface area contributed by atoms with Gasteiger partial charge in [0.25, 0.3) is 0 Å². The number of aromatic nitrogens is 4. The molecule has 7 nitrogen and oxygen atoms in total. The third-order valence-electron chi connectivity index (χ3n) is 2.78. The molecule has 1 heterocycles. The minimum atomic E-state index is 0.192. The number of para-hydroxylation sites is 1. The summed E-state index contributed by atoms with van der Waals surface area (Å²) in [5, 5.41) is 20.1. The number of benzene rings is 2. The molecule has 21 heavy (non-hydrogen) atoms. The number of anilines is 1. The van der Waals surface area contributed by atoms with Gasteiger partial charge in [-0.2, -0.15) is 9.94 Å². The smallest absolute Gasteiger partial charge is 0.345 e. The Hall–Kier alpha value is -3.40. The second-order valence-electron chi connectivity index (χ2n) is 4.18. The monoisotopic (exact) mass is 278 g/mol. The highest BCUT2D eigenvalue weighted by atomic mass is 16.5. The van der Waals surface area contributed by atoms with E-state index < -0.39 is 0 Å². The normalized spacial score (nSPS) is 10.0. The Bertz CT molecular complexity index is 806. The first-order valence-corrected chi connectivity index (χ1v) is 6.09. The second kappa shape index (κ2) is 5.30. The Morgan fingerprint density at radius 1 is 1.14 bits per heavy atom. The van der Waals surface area contributed by atoms with Crippen molar-refractivity contribution in [3.8, 4) is 23.5 Å². The van der Waals surface area contributed by atoms with Crippen LogP contribution in [0.25, 0.3) is 5.69 Å². The highest BCUT2D eigenvalue weighted by Gasteiger charge is 2.12. The lowest BCUT2D eigenvalue weighted by Crippen LogP contribution is -2.01. The van der Waals surface area contributed by atoms with E-state index >= 15 is 0 Å². The van der Waals surface area contributed by atoms with Crippen LogP contribution in [0.2, 0.25) is 0 Å². The van der Waals surface area contributed by atoms with Crippen molar-refractivity contribution in [2.45, 2.75) is 0 Å². The zero-order valence-electron chi connectivity index (χ0n) is 10.8. The maximum atomic E-state index is 8.82. The third-order valence-corrected chi connectivity index (χ3v) is 2.78. The highest BCUT2D eigenvalue weighted by Crippen LogP contribution is 2.27. The molecule has 0 unspecified atom stereocenters. The van der Waals surface area contributed by atoms with Gasteiger partial charge in [0, 0.05) is 0 Å². The van der Waals surface area contributed by atoms with Crippen molar-refractivity contribution >= 4 is 5.69 Å². The Morgan fingerprint density at radius 2 is 1.95 bits per heavy atom. The lowest BCUT2D eigenvalue weighted by Gasteiger charge is -2.08. The molecule has 0 saturated carbocycles. The van der Waals surface area contributed by atoms with E-state index in [-0.39, 0.29) is 6.01 Å². The van der Waals surface area contributed by atoms with E-state index in [1.165, 1.54) is 10.7 Å². The lowest BCUT2D eigenvalue weighted by molar-refractivity contribution is 0.429. The van der Waals surface area contributed by atoms with Gasteiger partial charge in [0.1, 0.15) is 0 Å². The van der Waals surface area contributed by atoms with Gasteiger partial charge in [-0.15, -0.1) is 0 Å². The molecule has 0 aliphatic rings. The van der Waals surface area contributed by atoms with Crippen molar-refractivity contribution in [1.29, 1.82) is 5.26 Å². The molecule has 2 N–H and O–H groups in total. The second-order valence-corrected chi connectivity index (χ2v) is 4.18. The quantitative estimate of drug-likeness (QED) is 0.734. The van der Waals surface area contributed by atoms with E-state index in [0.29, 0.717) is 17.0 Å². The summed E-state index contributed by atoms with van der Waals surface area (Å²) in [6.07, 6.45) is 0. The van der Waals surface area contributed by atoms with Crippen molar-refractivity contribution in [2.24, 2.45) is 0 Å². The molecule has 0 amide bonds. The lowest BCUT2D eigenvalue weighted by atomic mass is 10.2. The average molecular weight is 278 g/mol. The van der Waals surface area contributed by atoms with Gasteiger partial charge in [-0.25, -0.2) is 0 Å². The number of ether oxygens (including phenoxy) is 1. The SMILES string of the molecule is N#Cc1ccc(Oc2nnnn2-c2ccccc2)c(N)c1. The maximum Gasteiger partial charge on any atom is 0.345 e. The van der Waals surface area contributed by atoms with Crippen molar-refractivity contribution in [1.82, 2.24) is 20.2 Å². The first kappa shape index (κ1) is 12.6. The number of nitrogens with zero attached hydrogens (tertiary/aromatic N) is 5. The van der Waals surface area contributed by atoms with Gasteiger partial charge in [0.05, 0.1) is 23.0 Å². The molecular weight excluding hydrogens is 268 g/mol. The molecule has 102 valence electrons. The average Bonchev–Trinajstić information content (AvgIpc) is 2.98. The molecule has 0 aliphatic heterocycles. The van der Waals surface area contributed by atoms with Crippen LogP contribution in [0.5, 0.6) is 11.8 Å². The summed E-state index contributed by atoms with van der Waals surface area (Å²) in [4.78, 5) is 0. The fraction of sp³-hybridized carbons (Fsp3) is 0. The van der Waals surface area contributed by atoms with Crippen molar-refractivity contribution < 1.29 is 4.74 Å². The number of tetrazole rings is 1. The van der Waals surface area contributed by atoms with E-state index in [0.717, 1.165) is 5.69 Å². The molecule has 0 aliphatic carbocycles. The van der Waals surface area contributed by atoms with Gasteiger partial charge < -0.3 is 10.5 Å². The fourth-order valence-electron chi connectivity index (χ4n) is 1.78. The van der Waals surface area contributed by atoms with E-state index in [9.17, 15) is 0 Å². The standard InChI is InChI=1S/C14H10N6O/c15-9-10-6-7-13(12(16)8-10)21-14-17-18-19-20(14)11-4-2-1-3-5-11/h1-8H,16H2. The van der Waals surface area contributed by atoms with Crippen LogP contribution < -0.4 is 10.5 Å². The largest absolute Gasteiger partial charge is 0.421 e. The molecule has 0 radical (unpaired) electrons. The first-order valence-electron chi connectivity index (χ1n) is 6.09. The van der Waals surface area contributed by atoms with Gasteiger partial charge in [-0.3, -0.25) is 0 Å². The van der Waals surface area contributed by atoms with E-state index in [2.05, 4.69) is 15.5 Å². The van der Waals surface area contributed by atoms with Crippen molar-refractivity contribution in [3.05, 3.63) is 54.1 Å². The zero-order chi connectivity index (χ0) is 14.7. The van der Waals surface area contributed by atoms with Crippen LogP contribution in [0.3, 0.4) is 0 Å². The first-order chi connectivity index (χ1) is 10.3. The van der Waals surface area contributed by atoms with Gasteiger partial charge >= 0.3 is 6.01 Å². The number of nitrogen functional groups attached to an aromatic ring is 1. The van der Waals surface area contributed by atoms with Gasteiger partial charge in [-0.1, -0.05) is 23.3 Å². The Kier molecular flexibility index (Phi) is 3.19. The number of nitrogens with two attached hydrogens (primary N) is 1. The summed E-state index contributed by atoms with van der Waals surface area (Å²) < 4.78 is 7.08. The summed E-state index contributed by atoms with van der Waals surface area (Å²) in [6.45, 7) is 0. The molecule has 3 rings (SSSR count). The molecule has 3 aromatic rings. The minimum Gasteiger partial charge on any atom is -0.421 e. The van der Waals surface area contributed by atoms with Crippen LogP contribution in [0.4, 0.5) is 5.69 Å². The third kappa shape index (κ3) is 2.50. The highest BCUT2D eigenvalue weighted by molar-refractivity contribution is 5.57. The van der Waals surface area contributed by atoms with Gasteiger partial charge in [-0.05, 0) is 40.8 Å². The van der Waals surface area contributed by atoms with Gasteiger partial charge in [0.2, 0.25) is 0 Å². The maximum absolute atomic E-state index is 8.82. The molecule has 0 fully saturated rings. The molecule has 2 aromatic carbocycles. The van der Waals surface area contributed by atoms with Crippen LogP contribution in [-0.4, -0.2) is 20.2 Å². The van der Waals surface area contributed by atoms with E-state index in [1.807, 2.05) is 36.4 Å². The molecule has 0 spiro atoms. The Morgan fingerprint density at radius 3 is 2.67 bits per heavy atom. The molecule has 0 atom stereocenters. The predicted molar refractivity (Wildman–Crippen MR) is 74.8 cm³/mol. The molecule has 0 bridgehead atoms. The molecule has 0 saturated heterocycles. The summed E-state index contributed by atoms with van der Waals surface area (Å²) in [7, 11) is 0.